The smallest absolute Gasteiger partial charge is 0.569 e. The average Bonchev–Trinajstić information content (AvgIpc) is 2.01. The zero-order valence-corrected chi connectivity index (χ0v) is 10.1. The predicted molar refractivity (Wildman–Crippen MR) is 35.9 cm³/mol. The van der Waals surface area contributed by atoms with E-state index in [0.717, 1.165) is 0 Å². The third kappa shape index (κ3) is 4.24. The number of rotatable bonds is 3. The van der Waals surface area contributed by atoms with Crippen LogP contribution < -0.4 is 51.4 Å². The van der Waals surface area contributed by atoms with Crippen LogP contribution in [0.5, 0.6) is 0 Å². The minimum absolute atomic E-state index is 0. The Morgan fingerprint density at radius 2 is 1.73 bits per heavy atom. The third-order valence-electron chi connectivity index (χ3n) is 1.22. The summed E-state index contributed by atoms with van der Waals surface area (Å²) in [6.45, 7) is 0.0312. The zero-order valence-electron chi connectivity index (χ0n) is 7.00. The van der Waals surface area contributed by atoms with Gasteiger partial charge < -0.3 is 9.39 Å². The summed E-state index contributed by atoms with van der Waals surface area (Å²) in [5, 5.41) is 16.9. The van der Waals surface area contributed by atoms with Crippen molar-refractivity contribution >= 4 is 6.35 Å². The first kappa shape index (κ1) is 14.1. The Kier molecular flexibility index (Phi) is 9.34. The normalized spacial score (nSPS) is 9.09. The second kappa shape index (κ2) is 7.26. The molecule has 6 heteroatoms. The largest absolute Gasteiger partial charge is 1.00 e. The van der Waals surface area contributed by atoms with E-state index in [0.29, 0.717) is 0 Å². The van der Waals surface area contributed by atoms with E-state index in [-0.39, 0.29) is 57.9 Å². The molecular formula is C5H8BKN2O2. The molecular weight excluding hydrogens is 170 g/mol. The van der Waals surface area contributed by atoms with Crippen LogP contribution in [0, 0.1) is 22.5 Å². The average molecular weight is 178 g/mol. The van der Waals surface area contributed by atoms with Crippen molar-refractivity contribution in [2.75, 3.05) is 20.7 Å². The summed E-state index contributed by atoms with van der Waals surface area (Å²) in [7, 11) is 2.75. The minimum Gasteiger partial charge on any atom is -0.569 e. The van der Waals surface area contributed by atoms with Gasteiger partial charge in [-0.3, -0.25) is 0 Å². The second-order valence-electron chi connectivity index (χ2n) is 1.90. The monoisotopic (exact) mass is 178 g/mol. The minimum atomic E-state index is -2.06. The van der Waals surface area contributed by atoms with Crippen molar-refractivity contribution in [3.63, 3.8) is 0 Å². The van der Waals surface area contributed by atoms with Crippen LogP contribution in [0.4, 0.5) is 0 Å². The topological polar surface area (TPSA) is 66.0 Å². The standard InChI is InChI=1S/C5H8BN2O2.K/c1-9-5-6(3-7,4-8)10-2;/h5H2,1-2H3;/q-1;+1. The molecule has 0 aromatic rings. The van der Waals surface area contributed by atoms with Crippen LogP contribution in [-0.4, -0.2) is 27.1 Å². The van der Waals surface area contributed by atoms with Gasteiger partial charge in [0.05, 0.1) is 0 Å². The zero-order chi connectivity index (χ0) is 8.04. The first-order valence-corrected chi connectivity index (χ1v) is 2.77. The van der Waals surface area contributed by atoms with Gasteiger partial charge in [-0.1, -0.05) is 11.9 Å². The number of hydrogen-bond acceptors (Lipinski definition) is 4. The Balaban J connectivity index is 0. The molecule has 0 saturated carbocycles. The molecule has 0 fully saturated rings. The van der Waals surface area contributed by atoms with Gasteiger partial charge in [0, 0.05) is 7.11 Å². The first-order valence-electron chi connectivity index (χ1n) is 2.77. The molecule has 0 amide bonds. The molecule has 0 spiro atoms. The summed E-state index contributed by atoms with van der Waals surface area (Å²) < 4.78 is 9.33. The third-order valence-corrected chi connectivity index (χ3v) is 1.22. The Morgan fingerprint density at radius 3 is 1.82 bits per heavy atom. The van der Waals surface area contributed by atoms with Gasteiger partial charge in [0.1, 0.15) is 0 Å². The summed E-state index contributed by atoms with van der Waals surface area (Å²) in [6.07, 6.45) is -2.06. The number of ether oxygens (including phenoxy) is 1. The van der Waals surface area contributed by atoms with E-state index in [9.17, 15) is 0 Å². The van der Waals surface area contributed by atoms with Crippen molar-refractivity contribution in [2.24, 2.45) is 0 Å². The molecule has 0 saturated heterocycles. The van der Waals surface area contributed by atoms with Crippen LogP contribution in [0.1, 0.15) is 0 Å². The maximum absolute atomic E-state index is 8.46. The van der Waals surface area contributed by atoms with Gasteiger partial charge in [-0.2, -0.15) is 0 Å². The van der Waals surface area contributed by atoms with Crippen LogP contribution in [0.2, 0.25) is 0 Å². The molecule has 0 bridgehead atoms. The first-order chi connectivity index (χ1) is 4.74. The van der Waals surface area contributed by atoms with Crippen LogP contribution in [-0.2, 0) is 9.39 Å². The number of hydrogen-bond donors (Lipinski definition) is 0. The fraction of sp³-hybridized carbons (Fsp3) is 0.600. The molecule has 0 atom stereocenters. The molecule has 0 aromatic heterocycles. The van der Waals surface area contributed by atoms with Crippen molar-refractivity contribution < 1.29 is 60.8 Å². The maximum atomic E-state index is 8.46. The van der Waals surface area contributed by atoms with Crippen LogP contribution in [0.3, 0.4) is 0 Å². The SMILES string of the molecule is COC[B-](C#N)(C#N)OC.[K+]. The van der Waals surface area contributed by atoms with Crippen molar-refractivity contribution in [2.45, 2.75) is 0 Å². The van der Waals surface area contributed by atoms with E-state index < -0.39 is 6.35 Å². The Hall–Kier alpha value is 0.601. The van der Waals surface area contributed by atoms with Crippen LogP contribution in [0.15, 0.2) is 0 Å². The van der Waals surface area contributed by atoms with Gasteiger partial charge in [0.15, 0.2) is 0 Å². The molecule has 54 valence electrons. The van der Waals surface area contributed by atoms with Crippen molar-refractivity contribution in [3.8, 4) is 11.9 Å². The molecule has 0 rings (SSSR count). The fourth-order valence-electron chi connectivity index (χ4n) is 0.512. The fourth-order valence-corrected chi connectivity index (χ4v) is 0.512. The van der Waals surface area contributed by atoms with Crippen molar-refractivity contribution in [1.29, 1.82) is 10.5 Å². The quantitative estimate of drug-likeness (QED) is 0.429. The van der Waals surface area contributed by atoms with Gasteiger partial charge in [-0.25, -0.2) is 10.5 Å². The summed E-state index contributed by atoms with van der Waals surface area (Å²) in [5.74, 6) is 3.54. The summed E-state index contributed by atoms with van der Waals surface area (Å²) in [5.41, 5.74) is 0. The van der Waals surface area contributed by atoms with E-state index in [4.69, 9.17) is 15.2 Å². The van der Waals surface area contributed by atoms with Gasteiger partial charge in [0.2, 0.25) is 0 Å². The Morgan fingerprint density at radius 1 is 1.27 bits per heavy atom. The van der Waals surface area contributed by atoms with E-state index >= 15 is 0 Å². The molecule has 0 aliphatic rings. The summed E-state index contributed by atoms with van der Waals surface area (Å²) in [4.78, 5) is 0. The summed E-state index contributed by atoms with van der Waals surface area (Å²) in [6, 6.07) is 0. The second-order valence-corrected chi connectivity index (χ2v) is 1.90. The van der Waals surface area contributed by atoms with E-state index in [1.54, 1.807) is 11.9 Å². The molecule has 0 radical (unpaired) electrons. The van der Waals surface area contributed by atoms with E-state index in [1.165, 1.54) is 14.2 Å². The van der Waals surface area contributed by atoms with Crippen molar-refractivity contribution in [1.82, 2.24) is 0 Å². The molecule has 4 nitrogen and oxygen atoms in total. The van der Waals surface area contributed by atoms with Crippen LogP contribution in [0.25, 0.3) is 0 Å². The predicted octanol–water partition coefficient (Wildman–Crippen LogP) is -3.11. The summed E-state index contributed by atoms with van der Waals surface area (Å²) >= 11 is 0. The van der Waals surface area contributed by atoms with Gasteiger partial charge >= 0.3 is 57.7 Å². The Bertz CT molecular complexity index is 172. The molecule has 0 heterocycles. The molecule has 0 aliphatic carbocycles. The van der Waals surface area contributed by atoms with Crippen molar-refractivity contribution in [3.05, 3.63) is 0 Å². The van der Waals surface area contributed by atoms with Gasteiger partial charge in [-0.05, 0) is 13.6 Å². The number of methoxy groups -OCH3 is 1. The van der Waals surface area contributed by atoms with Gasteiger partial charge in [0.25, 0.3) is 0 Å². The molecule has 0 aliphatic heterocycles. The molecule has 0 N–H and O–H groups in total. The molecule has 0 unspecified atom stereocenters. The molecule has 0 aromatic carbocycles. The Labute approximate surface area is 109 Å². The van der Waals surface area contributed by atoms with Crippen LogP contribution >= 0.6 is 0 Å². The van der Waals surface area contributed by atoms with E-state index in [2.05, 4.69) is 4.74 Å². The van der Waals surface area contributed by atoms with Gasteiger partial charge in [-0.15, -0.1) is 0 Å². The maximum Gasteiger partial charge on any atom is 1.00 e. The molecule has 11 heavy (non-hydrogen) atoms. The number of nitriles is 2. The number of nitrogens with zero attached hydrogens (tertiary/aromatic N) is 2. The van der Waals surface area contributed by atoms with E-state index in [1.807, 2.05) is 0 Å².